The molecule has 0 saturated heterocycles. The van der Waals surface area contributed by atoms with Gasteiger partial charge in [0.1, 0.15) is 6.10 Å². The van der Waals surface area contributed by atoms with Crippen molar-refractivity contribution in [2.24, 2.45) is 0 Å². The van der Waals surface area contributed by atoms with Crippen molar-refractivity contribution in [1.29, 1.82) is 0 Å². The molecule has 2 atom stereocenters. The molecule has 0 unspecified atom stereocenters. The van der Waals surface area contributed by atoms with Crippen LogP contribution in [-0.2, 0) is 9.53 Å². The van der Waals surface area contributed by atoms with E-state index in [1.807, 2.05) is 0 Å². The number of hydrogen-bond donors (Lipinski definition) is 0. The Morgan fingerprint density at radius 1 is 1.16 bits per heavy atom. The monoisotopic (exact) mass is 274 g/mol. The van der Waals surface area contributed by atoms with Gasteiger partial charge in [-0.1, -0.05) is 54.7 Å². The summed E-state index contributed by atoms with van der Waals surface area (Å²) in [4.78, 5) is 11.0. The molecule has 0 fully saturated rings. The standard InChI is InChI=1S/C16H22O2Si/c1-13(17)18-14-9-11-16(12-10-14)19(2,3)15-7-5-4-6-8-15/h4-9,11,14,16H,10,12H2,1-3H3/t14-,16-/m0/s1. The molecule has 1 aliphatic carbocycles. The molecule has 1 aromatic rings. The zero-order valence-corrected chi connectivity index (χ0v) is 12.9. The normalized spacial score (nSPS) is 23.1. The van der Waals surface area contributed by atoms with E-state index in [-0.39, 0.29) is 12.1 Å². The molecule has 3 heteroatoms. The van der Waals surface area contributed by atoms with Gasteiger partial charge in [0.2, 0.25) is 0 Å². The Labute approximate surface area is 116 Å². The van der Waals surface area contributed by atoms with Crippen LogP contribution in [0.4, 0.5) is 0 Å². The maximum Gasteiger partial charge on any atom is 0.303 e. The average molecular weight is 274 g/mol. The summed E-state index contributed by atoms with van der Waals surface area (Å²) in [6.45, 7) is 6.32. The highest BCUT2D eigenvalue weighted by Crippen LogP contribution is 2.33. The first-order chi connectivity index (χ1) is 9.00. The third kappa shape index (κ3) is 3.35. The molecule has 2 nitrogen and oxygen atoms in total. The number of allylic oxidation sites excluding steroid dienone is 1. The number of esters is 1. The molecule has 1 aromatic carbocycles. The smallest absolute Gasteiger partial charge is 0.303 e. The number of hydrogen-bond acceptors (Lipinski definition) is 2. The fourth-order valence-electron chi connectivity index (χ4n) is 2.79. The van der Waals surface area contributed by atoms with Crippen molar-refractivity contribution in [3.63, 3.8) is 0 Å². The van der Waals surface area contributed by atoms with Crippen LogP contribution in [0.1, 0.15) is 19.8 Å². The van der Waals surface area contributed by atoms with Crippen LogP contribution in [0.15, 0.2) is 42.5 Å². The van der Waals surface area contributed by atoms with Crippen molar-refractivity contribution in [2.75, 3.05) is 0 Å². The maximum atomic E-state index is 11.0. The summed E-state index contributed by atoms with van der Waals surface area (Å²) in [6.07, 6.45) is 6.39. The zero-order valence-electron chi connectivity index (χ0n) is 11.9. The second-order valence-electron chi connectivity index (χ2n) is 5.80. The van der Waals surface area contributed by atoms with E-state index in [2.05, 4.69) is 55.6 Å². The molecule has 0 radical (unpaired) electrons. The van der Waals surface area contributed by atoms with Crippen molar-refractivity contribution in [3.8, 4) is 0 Å². The molecule has 102 valence electrons. The molecule has 0 heterocycles. The molecule has 0 spiro atoms. The highest BCUT2D eigenvalue weighted by molar-refractivity contribution is 6.91. The van der Waals surface area contributed by atoms with E-state index in [9.17, 15) is 4.79 Å². The molecule has 0 N–H and O–H groups in total. The van der Waals surface area contributed by atoms with Crippen LogP contribution in [0.25, 0.3) is 0 Å². The highest BCUT2D eigenvalue weighted by atomic mass is 28.3. The fourth-order valence-corrected chi connectivity index (χ4v) is 5.75. The molecule has 0 bridgehead atoms. The van der Waals surface area contributed by atoms with Crippen LogP contribution in [0.3, 0.4) is 0 Å². The van der Waals surface area contributed by atoms with E-state index in [4.69, 9.17) is 4.74 Å². The van der Waals surface area contributed by atoms with Gasteiger partial charge >= 0.3 is 5.97 Å². The quantitative estimate of drug-likeness (QED) is 0.480. The van der Waals surface area contributed by atoms with E-state index in [0.717, 1.165) is 12.8 Å². The van der Waals surface area contributed by atoms with Crippen LogP contribution >= 0.6 is 0 Å². The lowest BCUT2D eigenvalue weighted by atomic mass is 10.0. The predicted octanol–water partition coefficient (Wildman–Crippen LogP) is 3.25. The van der Waals surface area contributed by atoms with Crippen molar-refractivity contribution in [2.45, 2.75) is 44.5 Å². The Kier molecular flexibility index (Phi) is 4.25. The number of ether oxygens (including phenoxy) is 1. The Bertz CT molecular complexity index is 465. The van der Waals surface area contributed by atoms with Crippen LogP contribution in [0.5, 0.6) is 0 Å². The van der Waals surface area contributed by atoms with Crippen LogP contribution in [0, 0.1) is 0 Å². The third-order valence-electron chi connectivity index (χ3n) is 4.08. The number of rotatable bonds is 3. The van der Waals surface area contributed by atoms with Crippen molar-refractivity contribution >= 4 is 19.2 Å². The zero-order chi connectivity index (χ0) is 13.9. The Morgan fingerprint density at radius 3 is 2.37 bits per heavy atom. The molecule has 0 aromatic heterocycles. The first-order valence-corrected chi connectivity index (χ1v) is 9.99. The molecule has 0 amide bonds. The highest BCUT2D eigenvalue weighted by Gasteiger charge is 2.34. The van der Waals surface area contributed by atoms with E-state index < -0.39 is 8.07 Å². The lowest BCUT2D eigenvalue weighted by Gasteiger charge is -2.34. The molecule has 19 heavy (non-hydrogen) atoms. The summed E-state index contributed by atoms with van der Waals surface area (Å²) in [5.74, 6) is -0.187. The molecular formula is C16H22O2Si. The lowest BCUT2D eigenvalue weighted by molar-refractivity contribution is -0.144. The number of carbonyl (C=O) groups is 1. The third-order valence-corrected chi connectivity index (χ3v) is 8.24. The van der Waals surface area contributed by atoms with Gasteiger partial charge in [0, 0.05) is 6.92 Å². The molecular weight excluding hydrogens is 252 g/mol. The summed E-state index contributed by atoms with van der Waals surface area (Å²) in [6, 6.07) is 10.8. The largest absolute Gasteiger partial charge is 0.458 e. The van der Waals surface area contributed by atoms with E-state index in [1.54, 1.807) is 0 Å². The van der Waals surface area contributed by atoms with Gasteiger partial charge < -0.3 is 4.74 Å². The Balaban J connectivity index is 2.10. The molecule has 0 aliphatic heterocycles. The van der Waals surface area contributed by atoms with Crippen LogP contribution in [-0.4, -0.2) is 20.1 Å². The number of carbonyl (C=O) groups excluding carboxylic acids is 1. The van der Waals surface area contributed by atoms with Gasteiger partial charge in [0.15, 0.2) is 0 Å². The first kappa shape index (κ1) is 14.1. The number of benzene rings is 1. The second kappa shape index (κ2) is 5.74. The van der Waals surface area contributed by atoms with Gasteiger partial charge in [-0.05, 0) is 24.5 Å². The maximum absolute atomic E-state index is 11.0. The first-order valence-electron chi connectivity index (χ1n) is 6.91. The summed E-state index contributed by atoms with van der Waals surface area (Å²) >= 11 is 0. The summed E-state index contributed by atoms with van der Waals surface area (Å²) in [5.41, 5.74) is 0.627. The van der Waals surface area contributed by atoms with Gasteiger partial charge in [0.05, 0.1) is 8.07 Å². The van der Waals surface area contributed by atoms with Crippen molar-refractivity contribution in [3.05, 3.63) is 42.5 Å². The minimum absolute atomic E-state index is 0.0191. The average Bonchev–Trinajstić information content (AvgIpc) is 2.40. The fraction of sp³-hybridized carbons (Fsp3) is 0.438. The Hall–Kier alpha value is -1.35. The lowest BCUT2D eigenvalue weighted by Crippen LogP contribution is -2.46. The SMILES string of the molecule is CC(=O)O[C@H]1C=C[C@H]([Si](C)(C)c2ccccc2)CC1. The van der Waals surface area contributed by atoms with E-state index >= 15 is 0 Å². The van der Waals surface area contributed by atoms with Crippen molar-refractivity contribution in [1.82, 2.24) is 0 Å². The van der Waals surface area contributed by atoms with Gasteiger partial charge in [-0.25, -0.2) is 0 Å². The minimum atomic E-state index is -1.48. The van der Waals surface area contributed by atoms with Gasteiger partial charge in [-0.15, -0.1) is 0 Å². The molecule has 0 saturated carbocycles. The second-order valence-corrected chi connectivity index (χ2v) is 10.6. The topological polar surface area (TPSA) is 26.3 Å². The predicted molar refractivity (Wildman–Crippen MR) is 81.2 cm³/mol. The van der Waals surface area contributed by atoms with Crippen molar-refractivity contribution < 1.29 is 9.53 Å². The Morgan fingerprint density at radius 2 is 1.84 bits per heavy atom. The minimum Gasteiger partial charge on any atom is -0.458 e. The van der Waals surface area contributed by atoms with Gasteiger partial charge in [0.25, 0.3) is 0 Å². The summed E-state index contributed by atoms with van der Waals surface area (Å²) in [5, 5.41) is 1.50. The van der Waals surface area contributed by atoms with Crippen LogP contribution in [0.2, 0.25) is 18.6 Å². The van der Waals surface area contributed by atoms with Gasteiger partial charge in [-0.3, -0.25) is 4.79 Å². The van der Waals surface area contributed by atoms with Gasteiger partial charge in [-0.2, -0.15) is 0 Å². The van der Waals surface area contributed by atoms with E-state index in [1.165, 1.54) is 12.1 Å². The molecule has 1 aliphatic rings. The van der Waals surface area contributed by atoms with E-state index in [0.29, 0.717) is 5.54 Å². The summed E-state index contributed by atoms with van der Waals surface area (Å²) < 4.78 is 5.25. The van der Waals surface area contributed by atoms with Crippen LogP contribution < -0.4 is 5.19 Å². The molecule has 2 rings (SSSR count). The summed E-state index contributed by atoms with van der Waals surface area (Å²) in [7, 11) is -1.48.